The molecule has 1 amide bonds. The number of aliphatic carboxylic acids is 1. The lowest BCUT2D eigenvalue weighted by molar-refractivity contribution is -0.140. The number of pyridine rings is 1. The Morgan fingerprint density at radius 1 is 1.32 bits per heavy atom. The third kappa shape index (κ3) is 7.38. The minimum atomic E-state index is -1.08. The highest BCUT2D eigenvalue weighted by Gasteiger charge is 2.30. The van der Waals surface area contributed by atoms with E-state index in [1.807, 2.05) is 13.8 Å². The van der Waals surface area contributed by atoms with Crippen molar-refractivity contribution in [1.82, 2.24) is 10.3 Å². The Balaban J connectivity index is 1.30. The molecular weight excluding hydrogens is 398 g/mol. The van der Waals surface area contributed by atoms with Gasteiger partial charge in [0.2, 0.25) is 0 Å². The van der Waals surface area contributed by atoms with Crippen LogP contribution >= 0.6 is 0 Å². The fourth-order valence-electron chi connectivity index (χ4n) is 3.94. The summed E-state index contributed by atoms with van der Waals surface area (Å²) >= 11 is 0. The topological polar surface area (TPSA) is 110 Å². The zero-order valence-electron chi connectivity index (χ0n) is 18.6. The molecule has 0 saturated heterocycles. The van der Waals surface area contributed by atoms with Gasteiger partial charge in [0.1, 0.15) is 11.9 Å². The highest BCUT2D eigenvalue weighted by atomic mass is 16.5. The number of rotatable bonds is 11. The summed E-state index contributed by atoms with van der Waals surface area (Å²) in [6.45, 7) is 5.40. The molecule has 31 heavy (non-hydrogen) atoms. The van der Waals surface area contributed by atoms with Gasteiger partial charge in [-0.1, -0.05) is 19.9 Å². The van der Waals surface area contributed by atoms with E-state index in [4.69, 9.17) is 14.5 Å². The summed E-state index contributed by atoms with van der Waals surface area (Å²) < 4.78 is 10.8. The second kappa shape index (κ2) is 11.3. The fourth-order valence-corrected chi connectivity index (χ4v) is 3.94. The lowest BCUT2D eigenvalue weighted by Crippen LogP contribution is -2.42. The van der Waals surface area contributed by atoms with Crippen molar-refractivity contribution in [3.63, 3.8) is 0 Å². The van der Waals surface area contributed by atoms with Gasteiger partial charge >= 0.3 is 12.1 Å². The van der Waals surface area contributed by atoms with E-state index in [9.17, 15) is 14.7 Å². The average Bonchev–Trinajstić information content (AvgIpc) is 2.72. The highest BCUT2D eigenvalue weighted by molar-refractivity contribution is 5.79. The average molecular weight is 434 g/mol. The maximum Gasteiger partial charge on any atom is 0.407 e. The van der Waals surface area contributed by atoms with Crippen molar-refractivity contribution in [2.45, 2.75) is 70.9 Å². The maximum atomic E-state index is 11.7. The Hall–Kier alpha value is -2.35. The van der Waals surface area contributed by atoms with Gasteiger partial charge in [-0.15, -0.1) is 0 Å². The van der Waals surface area contributed by atoms with Gasteiger partial charge in [0.25, 0.3) is 0 Å². The molecule has 3 N–H and O–H groups in total. The number of anilines is 1. The number of hydrogen-bond donors (Lipinski definition) is 3. The monoisotopic (exact) mass is 433 g/mol. The Labute approximate surface area is 184 Å². The van der Waals surface area contributed by atoms with Gasteiger partial charge in [0, 0.05) is 25.3 Å². The standard InChI is InChI=1S/C23H35N3O5/c1-15(2)14-31-23(29)26-20(22(27)28)9-11-30-19-12-16(13-19)5-7-18-8-6-17-4-3-10-24-21(17)25-18/h6,8,15-16,19-20H,3-5,7,9-14H2,1-2H3,(H,24,25)(H,26,29)(H,27,28)/t16?,19?,20-/m0/s1. The minimum absolute atomic E-state index is 0.172. The predicted octanol–water partition coefficient (Wildman–Crippen LogP) is 3.39. The lowest BCUT2D eigenvalue weighted by Gasteiger charge is -2.35. The smallest absolute Gasteiger partial charge is 0.407 e. The molecule has 2 aliphatic rings. The van der Waals surface area contributed by atoms with E-state index in [2.05, 4.69) is 22.8 Å². The molecule has 2 heterocycles. The Morgan fingerprint density at radius 2 is 2.13 bits per heavy atom. The van der Waals surface area contributed by atoms with Crippen molar-refractivity contribution in [3.8, 4) is 0 Å². The number of alkyl carbamates (subject to hydrolysis) is 1. The molecule has 0 bridgehead atoms. The molecule has 1 aromatic rings. The predicted molar refractivity (Wildman–Crippen MR) is 117 cm³/mol. The molecule has 8 heteroatoms. The Bertz CT molecular complexity index is 749. The van der Waals surface area contributed by atoms with Crippen molar-refractivity contribution < 1.29 is 24.2 Å². The van der Waals surface area contributed by atoms with Crippen molar-refractivity contribution in [1.29, 1.82) is 0 Å². The van der Waals surface area contributed by atoms with E-state index in [1.54, 1.807) is 0 Å². The number of nitrogens with zero attached hydrogens (tertiary/aromatic N) is 1. The molecule has 1 atom stereocenters. The van der Waals surface area contributed by atoms with Gasteiger partial charge in [0.05, 0.1) is 12.7 Å². The maximum absolute atomic E-state index is 11.7. The summed E-state index contributed by atoms with van der Waals surface area (Å²) in [6, 6.07) is 3.34. The first kappa shape index (κ1) is 23.3. The van der Waals surface area contributed by atoms with Gasteiger partial charge in [-0.05, 0) is 62.0 Å². The van der Waals surface area contributed by atoms with Crippen molar-refractivity contribution in [2.75, 3.05) is 25.1 Å². The number of amides is 1. The van der Waals surface area contributed by atoms with Crippen molar-refractivity contribution in [3.05, 3.63) is 23.4 Å². The summed E-state index contributed by atoms with van der Waals surface area (Å²) in [7, 11) is 0. The van der Waals surface area contributed by atoms with Gasteiger partial charge in [0.15, 0.2) is 0 Å². The number of carboxylic acid groups (broad SMARTS) is 1. The van der Waals surface area contributed by atoms with Crippen LogP contribution in [0.15, 0.2) is 12.1 Å². The molecular formula is C23H35N3O5. The van der Waals surface area contributed by atoms with Crippen LogP contribution in [-0.2, 0) is 27.1 Å². The van der Waals surface area contributed by atoms with E-state index in [1.165, 1.54) is 12.0 Å². The zero-order valence-corrected chi connectivity index (χ0v) is 18.6. The van der Waals surface area contributed by atoms with E-state index in [0.29, 0.717) is 12.5 Å². The molecule has 1 aliphatic heterocycles. The number of nitrogens with one attached hydrogen (secondary N) is 2. The van der Waals surface area contributed by atoms with Crippen LogP contribution in [0.3, 0.4) is 0 Å². The minimum Gasteiger partial charge on any atom is -0.480 e. The van der Waals surface area contributed by atoms with E-state index in [0.717, 1.165) is 50.2 Å². The molecule has 1 saturated carbocycles. The zero-order chi connectivity index (χ0) is 22.2. The van der Waals surface area contributed by atoms with Crippen LogP contribution in [0.4, 0.5) is 10.6 Å². The molecule has 3 rings (SSSR count). The first-order chi connectivity index (χ1) is 14.9. The van der Waals surface area contributed by atoms with Gasteiger partial charge < -0.3 is 25.2 Å². The second-order valence-corrected chi connectivity index (χ2v) is 9.03. The van der Waals surface area contributed by atoms with E-state index < -0.39 is 18.1 Å². The fraction of sp³-hybridized carbons (Fsp3) is 0.696. The summed E-state index contributed by atoms with van der Waals surface area (Å²) in [6.07, 6.45) is 6.01. The number of carboxylic acids is 1. The largest absolute Gasteiger partial charge is 0.480 e. The van der Waals surface area contributed by atoms with Gasteiger partial charge in [-0.3, -0.25) is 0 Å². The molecule has 1 fully saturated rings. The molecule has 0 aromatic carbocycles. The van der Waals surface area contributed by atoms with Crippen molar-refractivity contribution in [2.24, 2.45) is 11.8 Å². The SMILES string of the molecule is CC(C)COC(=O)N[C@@H](CCOC1CC(CCc2ccc3c(n2)NCCC3)C1)C(=O)O. The summed E-state index contributed by atoms with van der Waals surface area (Å²) in [4.78, 5) is 27.8. The lowest BCUT2D eigenvalue weighted by atomic mass is 9.79. The van der Waals surface area contributed by atoms with E-state index in [-0.39, 0.29) is 25.0 Å². The number of carbonyl (C=O) groups is 2. The van der Waals surface area contributed by atoms with Crippen LogP contribution < -0.4 is 10.6 Å². The number of ether oxygens (including phenoxy) is 2. The van der Waals surface area contributed by atoms with Crippen LogP contribution in [0.5, 0.6) is 0 Å². The van der Waals surface area contributed by atoms with Crippen LogP contribution in [-0.4, -0.2) is 54.1 Å². The summed E-state index contributed by atoms with van der Waals surface area (Å²) in [5, 5.41) is 15.1. The first-order valence-corrected chi connectivity index (χ1v) is 11.4. The Kier molecular flexibility index (Phi) is 8.51. The number of hydrogen-bond acceptors (Lipinski definition) is 6. The van der Waals surface area contributed by atoms with Gasteiger partial charge in [-0.2, -0.15) is 0 Å². The molecule has 1 aliphatic carbocycles. The van der Waals surface area contributed by atoms with Crippen LogP contribution in [0, 0.1) is 11.8 Å². The Morgan fingerprint density at radius 3 is 2.87 bits per heavy atom. The van der Waals surface area contributed by atoms with Crippen LogP contribution in [0.2, 0.25) is 0 Å². The number of carbonyl (C=O) groups excluding carboxylic acids is 1. The summed E-state index contributed by atoms with van der Waals surface area (Å²) in [5.74, 6) is 0.788. The number of fused-ring (bicyclic) bond motifs is 1. The third-order valence-corrected chi connectivity index (χ3v) is 5.85. The normalized spacial score (nSPS) is 20.9. The van der Waals surface area contributed by atoms with Gasteiger partial charge in [-0.25, -0.2) is 14.6 Å². The second-order valence-electron chi connectivity index (χ2n) is 9.03. The molecule has 0 unspecified atom stereocenters. The van der Waals surface area contributed by atoms with Crippen LogP contribution in [0.1, 0.15) is 57.2 Å². The highest BCUT2D eigenvalue weighted by Crippen LogP contribution is 2.34. The summed E-state index contributed by atoms with van der Waals surface area (Å²) in [5.41, 5.74) is 2.45. The first-order valence-electron chi connectivity index (χ1n) is 11.4. The molecule has 0 spiro atoms. The number of aryl methyl sites for hydroxylation is 2. The molecule has 1 aromatic heterocycles. The molecule has 0 radical (unpaired) electrons. The van der Waals surface area contributed by atoms with Crippen LogP contribution in [0.25, 0.3) is 0 Å². The molecule has 172 valence electrons. The van der Waals surface area contributed by atoms with E-state index >= 15 is 0 Å². The molecule has 8 nitrogen and oxygen atoms in total. The van der Waals surface area contributed by atoms with Crippen molar-refractivity contribution >= 4 is 17.9 Å². The third-order valence-electron chi connectivity index (χ3n) is 5.85. The quantitative estimate of drug-likeness (QED) is 0.491. The number of aromatic nitrogens is 1.